The van der Waals surface area contributed by atoms with E-state index in [1.54, 1.807) is 11.3 Å². The molecule has 0 bridgehead atoms. The number of aryl methyl sites for hydroxylation is 1. The number of ketones is 1. The molecule has 0 saturated heterocycles. The van der Waals surface area contributed by atoms with E-state index in [1.165, 1.54) is 16.1 Å². The van der Waals surface area contributed by atoms with Crippen LogP contribution in [0, 0.1) is 6.92 Å². The van der Waals surface area contributed by atoms with Gasteiger partial charge >= 0.3 is 0 Å². The van der Waals surface area contributed by atoms with E-state index in [-0.39, 0.29) is 0 Å². The second kappa shape index (κ2) is 4.15. The molecule has 0 saturated carbocycles. The number of fused-ring (bicyclic) bond motifs is 1. The fourth-order valence-electron chi connectivity index (χ4n) is 2.46. The molecule has 0 unspecified atom stereocenters. The van der Waals surface area contributed by atoms with Gasteiger partial charge in [-0.15, -0.1) is 11.3 Å². The van der Waals surface area contributed by atoms with Crippen LogP contribution in [0.5, 0.6) is 0 Å². The number of nitrogens with zero attached hydrogens (tertiary/aromatic N) is 1. The molecule has 0 radical (unpaired) electrons. The lowest BCUT2D eigenvalue weighted by molar-refractivity contribution is 0.0972. The summed E-state index contributed by atoms with van der Waals surface area (Å²) in [6, 6.07) is 4.14. The van der Waals surface area contributed by atoms with Gasteiger partial charge in [0.1, 0.15) is 0 Å². The molecule has 3 rings (SSSR count). The summed E-state index contributed by atoms with van der Waals surface area (Å²) in [6.07, 6.45) is 4.82. The van der Waals surface area contributed by atoms with Gasteiger partial charge in [0.25, 0.3) is 0 Å². The first-order valence-corrected chi connectivity index (χ1v) is 6.88. The van der Waals surface area contributed by atoms with Crippen molar-refractivity contribution in [1.82, 2.24) is 4.57 Å². The van der Waals surface area contributed by atoms with E-state index < -0.39 is 0 Å². The number of carbonyl (C=O) groups excluding carboxylic acids is 1. The standard InChI is InChI=1S/C14H15NOS/c1-10-6-8-17-14(10)9-15-7-5-11-12(15)3-2-4-13(11)16/h5-8H,2-4,9H2,1H3. The molecule has 2 aromatic rings. The third-order valence-electron chi connectivity index (χ3n) is 3.48. The van der Waals surface area contributed by atoms with Crippen LogP contribution in [0.4, 0.5) is 0 Å². The van der Waals surface area contributed by atoms with Crippen LogP contribution in [-0.4, -0.2) is 10.4 Å². The van der Waals surface area contributed by atoms with E-state index in [0.717, 1.165) is 31.4 Å². The van der Waals surface area contributed by atoms with Gasteiger partial charge in [0.2, 0.25) is 0 Å². The first kappa shape index (κ1) is 10.8. The number of hydrogen-bond acceptors (Lipinski definition) is 2. The van der Waals surface area contributed by atoms with E-state index in [9.17, 15) is 4.79 Å². The number of thiophene rings is 1. The Balaban J connectivity index is 1.95. The molecule has 0 N–H and O–H groups in total. The zero-order valence-corrected chi connectivity index (χ0v) is 10.7. The first-order chi connectivity index (χ1) is 8.25. The Kier molecular flexibility index (Phi) is 2.63. The minimum absolute atomic E-state index is 0.313. The van der Waals surface area contributed by atoms with Crippen molar-refractivity contribution in [3.8, 4) is 0 Å². The van der Waals surface area contributed by atoms with E-state index in [0.29, 0.717) is 5.78 Å². The topological polar surface area (TPSA) is 22.0 Å². The van der Waals surface area contributed by atoms with Crippen molar-refractivity contribution in [3.05, 3.63) is 45.4 Å². The van der Waals surface area contributed by atoms with Crippen LogP contribution in [0.15, 0.2) is 23.7 Å². The molecule has 3 heteroatoms. The summed E-state index contributed by atoms with van der Waals surface area (Å²) >= 11 is 1.79. The Morgan fingerprint density at radius 3 is 3.00 bits per heavy atom. The van der Waals surface area contributed by atoms with Gasteiger partial charge < -0.3 is 4.57 Å². The van der Waals surface area contributed by atoms with Gasteiger partial charge in [-0.25, -0.2) is 0 Å². The maximum Gasteiger partial charge on any atom is 0.164 e. The highest BCUT2D eigenvalue weighted by atomic mass is 32.1. The predicted octanol–water partition coefficient (Wildman–Crippen LogP) is 3.43. The molecule has 2 heterocycles. The van der Waals surface area contributed by atoms with Crippen LogP contribution in [-0.2, 0) is 13.0 Å². The number of hydrogen-bond donors (Lipinski definition) is 0. The van der Waals surface area contributed by atoms with E-state index in [2.05, 4.69) is 29.1 Å². The van der Waals surface area contributed by atoms with Gasteiger partial charge in [0, 0.05) is 28.8 Å². The molecule has 0 aromatic carbocycles. The Hall–Kier alpha value is -1.35. The molecular weight excluding hydrogens is 230 g/mol. The molecule has 17 heavy (non-hydrogen) atoms. The highest BCUT2D eigenvalue weighted by molar-refractivity contribution is 7.10. The summed E-state index contributed by atoms with van der Waals surface area (Å²) < 4.78 is 2.24. The minimum atomic E-state index is 0.313. The average molecular weight is 245 g/mol. The predicted molar refractivity (Wildman–Crippen MR) is 69.9 cm³/mol. The van der Waals surface area contributed by atoms with Crippen LogP contribution >= 0.6 is 11.3 Å². The van der Waals surface area contributed by atoms with Crippen molar-refractivity contribution in [3.63, 3.8) is 0 Å². The Morgan fingerprint density at radius 1 is 1.35 bits per heavy atom. The summed E-state index contributed by atoms with van der Waals surface area (Å²) in [6.45, 7) is 3.05. The van der Waals surface area contributed by atoms with E-state index in [1.807, 2.05) is 6.07 Å². The van der Waals surface area contributed by atoms with Gasteiger partial charge in [0.05, 0.1) is 6.54 Å². The van der Waals surface area contributed by atoms with Crippen molar-refractivity contribution in [1.29, 1.82) is 0 Å². The SMILES string of the molecule is Cc1ccsc1Cn1ccc2c1CCCC2=O. The third-order valence-corrected chi connectivity index (χ3v) is 4.49. The van der Waals surface area contributed by atoms with Crippen LogP contribution in [0.3, 0.4) is 0 Å². The first-order valence-electron chi connectivity index (χ1n) is 6.00. The van der Waals surface area contributed by atoms with Crippen molar-refractivity contribution in [2.45, 2.75) is 32.7 Å². The van der Waals surface area contributed by atoms with Gasteiger partial charge in [0.15, 0.2) is 5.78 Å². The Bertz CT molecular complexity index is 565. The second-order valence-electron chi connectivity index (χ2n) is 4.61. The monoisotopic (exact) mass is 245 g/mol. The zero-order chi connectivity index (χ0) is 11.8. The number of carbonyl (C=O) groups is 1. The van der Waals surface area contributed by atoms with Gasteiger partial charge in [-0.1, -0.05) is 0 Å². The molecule has 2 nitrogen and oxygen atoms in total. The lowest BCUT2D eigenvalue weighted by Gasteiger charge is -2.14. The van der Waals surface area contributed by atoms with Crippen molar-refractivity contribution in [2.24, 2.45) is 0 Å². The molecule has 0 amide bonds. The van der Waals surface area contributed by atoms with Crippen molar-refractivity contribution < 1.29 is 4.79 Å². The summed E-state index contributed by atoms with van der Waals surface area (Å²) in [5.74, 6) is 0.313. The number of rotatable bonds is 2. The normalized spacial score (nSPS) is 15.0. The van der Waals surface area contributed by atoms with Crippen LogP contribution in [0.2, 0.25) is 0 Å². The average Bonchev–Trinajstić information content (AvgIpc) is 2.89. The second-order valence-corrected chi connectivity index (χ2v) is 5.61. The Labute approximate surface area is 105 Å². The highest BCUT2D eigenvalue weighted by Gasteiger charge is 2.20. The molecule has 0 atom stereocenters. The fraction of sp³-hybridized carbons (Fsp3) is 0.357. The summed E-state index contributed by atoms with van der Waals surface area (Å²) in [7, 11) is 0. The highest BCUT2D eigenvalue weighted by Crippen LogP contribution is 2.25. The maximum atomic E-state index is 11.8. The Morgan fingerprint density at radius 2 is 2.24 bits per heavy atom. The largest absolute Gasteiger partial charge is 0.346 e. The smallest absolute Gasteiger partial charge is 0.164 e. The van der Waals surface area contributed by atoms with Crippen molar-refractivity contribution >= 4 is 17.1 Å². The van der Waals surface area contributed by atoms with E-state index >= 15 is 0 Å². The molecule has 1 aliphatic rings. The summed E-state index contributed by atoms with van der Waals surface area (Å²) in [4.78, 5) is 13.1. The molecule has 0 aliphatic heterocycles. The van der Waals surface area contributed by atoms with Crippen molar-refractivity contribution in [2.75, 3.05) is 0 Å². The van der Waals surface area contributed by atoms with Gasteiger partial charge in [-0.2, -0.15) is 0 Å². The van der Waals surface area contributed by atoms with Crippen LogP contribution in [0.25, 0.3) is 0 Å². The lowest BCUT2D eigenvalue weighted by Crippen LogP contribution is -2.13. The quantitative estimate of drug-likeness (QED) is 0.794. The third kappa shape index (κ3) is 1.84. The molecule has 0 fully saturated rings. The van der Waals surface area contributed by atoms with Crippen LogP contribution < -0.4 is 0 Å². The maximum absolute atomic E-state index is 11.8. The summed E-state index contributed by atoms with van der Waals surface area (Å²) in [5, 5.41) is 2.13. The molecule has 88 valence electrons. The molecule has 0 spiro atoms. The van der Waals surface area contributed by atoms with Gasteiger partial charge in [-0.3, -0.25) is 4.79 Å². The molecular formula is C14H15NOS. The molecule has 2 aromatic heterocycles. The lowest BCUT2D eigenvalue weighted by atomic mass is 9.97. The number of Topliss-reactive ketones (excluding diaryl/α,β-unsaturated/α-hetero) is 1. The van der Waals surface area contributed by atoms with Gasteiger partial charge in [-0.05, 0) is 42.8 Å². The fourth-order valence-corrected chi connectivity index (χ4v) is 3.36. The number of aromatic nitrogens is 1. The van der Waals surface area contributed by atoms with Crippen LogP contribution in [0.1, 0.15) is 39.3 Å². The van der Waals surface area contributed by atoms with E-state index in [4.69, 9.17) is 0 Å². The summed E-state index contributed by atoms with van der Waals surface area (Å²) in [5.41, 5.74) is 3.53. The zero-order valence-electron chi connectivity index (χ0n) is 9.90. The minimum Gasteiger partial charge on any atom is -0.346 e. The molecule has 1 aliphatic carbocycles.